The number of benzene rings is 1. The lowest BCUT2D eigenvalue weighted by molar-refractivity contribution is 0.171. The standard InChI is InChI=1S/C15H21NO2/c1-4-5-6-9-16-11-14(17)13-10-12(2)7-8-15(13)18-3/h7-8,10,14,16-17H,6,9,11H2,1-3H3. The maximum atomic E-state index is 10.1. The molecule has 1 aromatic rings. The number of methoxy groups -OCH3 is 1. The molecule has 0 heterocycles. The van der Waals surface area contributed by atoms with Crippen molar-refractivity contribution in [2.45, 2.75) is 26.4 Å². The Morgan fingerprint density at radius 2 is 2.22 bits per heavy atom. The van der Waals surface area contributed by atoms with E-state index in [1.807, 2.05) is 32.0 Å². The maximum Gasteiger partial charge on any atom is 0.124 e. The fourth-order valence-electron chi connectivity index (χ4n) is 1.74. The molecule has 0 saturated heterocycles. The normalized spacial score (nSPS) is 11.6. The predicted octanol–water partition coefficient (Wildman–Crippen LogP) is 2.04. The third kappa shape index (κ3) is 4.40. The molecule has 0 aliphatic carbocycles. The van der Waals surface area contributed by atoms with Crippen LogP contribution in [0.5, 0.6) is 5.75 Å². The highest BCUT2D eigenvalue weighted by Crippen LogP contribution is 2.25. The minimum absolute atomic E-state index is 0.505. The molecule has 0 amide bonds. The number of nitrogens with one attached hydrogen (secondary N) is 1. The van der Waals surface area contributed by atoms with Crippen molar-refractivity contribution in [2.24, 2.45) is 0 Å². The number of aliphatic hydroxyl groups excluding tert-OH is 1. The van der Waals surface area contributed by atoms with Crippen molar-refractivity contribution >= 4 is 0 Å². The monoisotopic (exact) mass is 247 g/mol. The fourth-order valence-corrected chi connectivity index (χ4v) is 1.74. The zero-order chi connectivity index (χ0) is 13.4. The summed E-state index contributed by atoms with van der Waals surface area (Å²) in [4.78, 5) is 0. The second-order valence-corrected chi connectivity index (χ2v) is 4.14. The van der Waals surface area contributed by atoms with Gasteiger partial charge in [0.2, 0.25) is 0 Å². The number of rotatable bonds is 6. The van der Waals surface area contributed by atoms with Crippen LogP contribution in [0, 0.1) is 18.8 Å². The summed E-state index contributed by atoms with van der Waals surface area (Å²) in [6, 6.07) is 5.81. The average Bonchev–Trinajstić information content (AvgIpc) is 2.38. The molecule has 3 heteroatoms. The second-order valence-electron chi connectivity index (χ2n) is 4.14. The van der Waals surface area contributed by atoms with E-state index in [-0.39, 0.29) is 0 Å². The molecule has 18 heavy (non-hydrogen) atoms. The van der Waals surface area contributed by atoms with E-state index in [1.54, 1.807) is 7.11 Å². The van der Waals surface area contributed by atoms with Gasteiger partial charge in [-0.05, 0) is 26.0 Å². The summed E-state index contributed by atoms with van der Waals surface area (Å²) >= 11 is 0. The summed E-state index contributed by atoms with van der Waals surface area (Å²) in [7, 11) is 1.62. The molecule has 2 N–H and O–H groups in total. The third-order valence-electron chi connectivity index (χ3n) is 2.69. The van der Waals surface area contributed by atoms with Crippen LogP contribution in [0.1, 0.15) is 30.6 Å². The molecule has 1 rings (SSSR count). The van der Waals surface area contributed by atoms with E-state index in [0.29, 0.717) is 6.54 Å². The molecule has 0 bridgehead atoms. The van der Waals surface area contributed by atoms with E-state index < -0.39 is 6.10 Å². The van der Waals surface area contributed by atoms with Crippen LogP contribution in [0.15, 0.2) is 18.2 Å². The summed E-state index contributed by atoms with van der Waals surface area (Å²) < 4.78 is 5.26. The number of hydrogen-bond donors (Lipinski definition) is 2. The van der Waals surface area contributed by atoms with Gasteiger partial charge >= 0.3 is 0 Å². The maximum absolute atomic E-state index is 10.1. The third-order valence-corrected chi connectivity index (χ3v) is 2.69. The Bertz CT molecular complexity index is 432. The largest absolute Gasteiger partial charge is 0.496 e. The van der Waals surface area contributed by atoms with Crippen LogP contribution >= 0.6 is 0 Å². The van der Waals surface area contributed by atoms with Gasteiger partial charge in [-0.25, -0.2) is 0 Å². The highest BCUT2D eigenvalue weighted by molar-refractivity contribution is 5.38. The molecule has 0 fully saturated rings. The first-order valence-corrected chi connectivity index (χ1v) is 6.12. The van der Waals surface area contributed by atoms with Crippen molar-refractivity contribution in [3.05, 3.63) is 29.3 Å². The second kappa shape index (κ2) is 7.75. The minimum Gasteiger partial charge on any atom is -0.496 e. The van der Waals surface area contributed by atoms with Gasteiger partial charge in [0.25, 0.3) is 0 Å². The van der Waals surface area contributed by atoms with Gasteiger partial charge in [0.05, 0.1) is 13.2 Å². The van der Waals surface area contributed by atoms with Gasteiger partial charge in [-0.2, -0.15) is 0 Å². The quantitative estimate of drug-likeness (QED) is 0.597. The molecular formula is C15H21NO2. The minimum atomic E-state index is -0.561. The molecule has 0 spiro atoms. The first kappa shape index (κ1) is 14.6. The Morgan fingerprint density at radius 1 is 1.44 bits per heavy atom. The molecule has 3 nitrogen and oxygen atoms in total. The first-order chi connectivity index (χ1) is 8.69. The molecule has 0 radical (unpaired) electrons. The fraction of sp³-hybridized carbons (Fsp3) is 0.467. The van der Waals surface area contributed by atoms with Gasteiger partial charge in [-0.15, -0.1) is 11.8 Å². The lowest BCUT2D eigenvalue weighted by Crippen LogP contribution is -2.22. The van der Waals surface area contributed by atoms with Crippen molar-refractivity contribution in [2.75, 3.05) is 20.2 Å². The van der Waals surface area contributed by atoms with Gasteiger partial charge in [0.1, 0.15) is 5.75 Å². The molecule has 0 aromatic heterocycles. The van der Waals surface area contributed by atoms with Gasteiger partial charge in [-0.3, -0.25) is 0 Å². The lowest BCUT2D eigenvalue weighted by atomic mass is 10.1. The highest BCUT2D eigenvalue weighted by Gasteiger charge is 2.12. The zero-order valence-corrected chi connectivity index (χ0v) is 11.3. The highest BCUT2D eigenvalue weighted by atomic mass is 16.5. The first-order valence-electron chi connectivity index (χ1n) is 6.12. The van der Waals surface area contributed by atoms with E-state index >= 15 is 0 Å². The van der Waals surface area contributed by atoms with E-state index in [0.717, 1.165) is 29.8 Å². The smallest absolute Gasteiger partial charge is 0.124 e. The molecule has 0 aliphatic rings. The van der Waals surface area contributed by atoms with Crippen molar-refractivity contribution in [3.8, 4) is 17.6 Å². The number of ether oxygens (including phenoxy) is 1. The lowest BCUT2D eigenvalue weighted by Gasteiger charge is -2.16. The van der Waals surface area contributed by atoms with E-state index in [2.05, 4.69) is 17.2 Å². The van der Waals surface area contributed by atoms with Crippen LogP contribution in [0.4, 0.5) is 0 Å². The van der Waals surface area contributed by atoms with Gasteiger partial charge < -0.3 is 15.2 Å². The SMILES string of the molecule is CC#CCCNCC(O)c1cc(C)ccc1OC. The van der Waals surface area contributed by atoms with Crippen LogP contribution in [0.3, 0.4) is 0 Å². The van der Waals surface area contributed by atoms with Crippen LogP contribution in [-0.4, -0.2) is 25.3 Å². The summed E-state index contributed by atoms with van der Waals surface area (Å²) in [5.74, 6) is 6.54. The van der Waals surface area contributed by atoms with Crippen LogP contribution < -0.4 is 10.1 Å². The Labute approximate surface area is 109 Å². The summed E-state index contributed by atoms with van der Waals surface area (Å²) in [5, 5.41) is 13.3. The number of hydrogen-bond acceptors (Lipinski definition) is 3. The van der Waals surface area contributed by atoms with Gasteiger partial charge in [0, 0.05) is 25.1 Å². The van der Waals surface area contributed by atoms with Crippen LogP contribution in [0.25, 0.3) is 0 Å². The molecule has 0 aliphatic heterocycles. The van der Waals surface area contributed by atoms with Crippen molar-refractivity contribution in [1.29, 1.82) is 0 Å². The van der Waals surface area contributed by atoms with Crippen LogP contribution in [0.2, 0.25) is 0 Å². The number of aryl methyl sites for hydroxylation is 1. The molecular weight excluding hydrogens is 226 g/mol. The van der Waals surface area contributed by atoms with Crippen molar-refractivity contribution in [3.63, 3.8) is 0 Å². The van der Waals surface area contributed by atoms with E-state index in [4.69, 9.17) is 4.74 Å². The Kier molecular flexibility index (Phi) is 6.27. The number of aliphatic hydroxyl groups is 1. The van der Waals surface area contributed by atoms with Crippen molar-refractivity contribution in [1.82, 2.24) is 5.32 Å². The summed E-state index contributed by atoms with van der Waals surface area (Å²) in [6.07, 6.45) is 0.239. The van der Waals surface area contributed by atoms with E-state index in [9.17, 15) is 5.11 Å². The average molecular weight is 247 g/mol. The van der Waals surface area contributed by atoms with Crippen LogP contribution in [-0.2, 0) is 0 Å². The summed E-state index contributed by atoms with van der Waals surface area (Å²) in [6.45, 7) is 5.11. The van der Waals surface area contributed by atoms with Gasteiger partial charge in [0.15, 0.2) is 0 Å². The molecule has 0 saturated carbocycles. The van der Waals surface area contributed by atoms with Crippen molar-refractivity contribution < 1.29 is 9.84 Å². The van der Waals surface area contributed by atoms with Gasteiger partial charge in [-0.1, -0.05) is 11.6 Å². The summed E-state index contributed by atoms with van der Waals surface area (Å²) in [5.41, 5.74) is 1.94. The molecule has 1 atom stereocenters. The molecule has 1 aromatic carbocycles. The van der Waals surface area contributed by atoms with E-state index in [1.165, 1.54) is 0 Å². The predicted molar refractivity (Wildman–Crippen MR) is 73.6 cm³/mol. The topological polar surface area (TPSA) is 41.5 Å². The molecule has 98 valence electrons. The molecule has 1 unspecified atom stereocenters. The Hall–Kier alpha value is -1.50. The zero-order valence-electron chi connectivity index (χ0n) is 11.3. The Balaban J connectivity index is 2.56. The Morgan fingerprint density at radius 3 is 2.89 bits per heavy atom.